The number of ether oxygens (including phenoxy) is 2. The van der Waals surface area contributed by atoms with E-state index in [2.05, 4.69) is 24.8 Å². The minimum atomic E-state index is 0.279. The van der Waals surface area contributed by atoms with E-state index in [1.54, 1.807) is 6.33 Å². The Kier molecular flexibility index (Phi) is 4.39. The Labute approximate surface area is 135 Å². The first kappa shape index (κ1) is 14.8. The van der Waals surface area contributed by atoms with Gasteiger partial charge >= 0.3 is 0 Å². The summed E-state index contributed by atoms with van der Waals surface area (Å²) in [4.78, 5) is 13.3. The minimum absolute atomic E-state index is 0.279. The second-order valence-electron chi connectivity index (χ2n) is 6.36. The number of nitrogens with one attached hydrogen (secondary N) is 1. The van der Waals surface area contributed by atoms with Gasteiger partial charge in [0, 0.05) is 26.4 Å². The molecular weight excluding hydrogens is 294 g/mol. The molecular formula is C16H23N5O2. The molecule has 0 saturated carbocycles. The van der Waals surface area contributed by atoms with Crippen LogP contribution in [0.3, 0.4) is 0 Å². The second-order valence-corrected chi connectivity index (χ2v) is 6.36. The molecule has 4 rings (SSSR count). The normalized spacial score (nSPS) is 22.7. The maximum atomic E-state index is 5.71. The molecule has 4 heterocycles. The molecule has 2 aliphatic heterocycles. The van der Waals surface area contributed by atoms with Gasteiger partial charge in [0.25, 0.3) is 0 Å². The van der Waals surface area contributed by atoms with Crippen molar-refractivity contribution in [2.75, 3.05) is 31.7 Å². The zero-order chi connectivity index (χ0) is 15.5. The van der Waals surface area contributed by atoms with Crippen LogP contribution in [0.5, 0.6) is 0 Å². The Morgan fingerprint density at radius 1 is 1.13 bits per heavy atom. The van der Waals surface area contributed by atoms with Gasteiger partial charge in [0.1, 0.15) is 11.8 Å². The zero-order valence-electron chi connectivity index (χ0n) is 13.3. The van der Waals surface area contributed by atoms with E-state index in [9.17, 15) is 0 Å². The first-order chi connectivity index (χ1) is 11.4. The molecule has 23 heavy (non-hydrogen) atoms. The van der Waals surface area contributed by atoms with E-state index < -0.39 is 0 Å². The van der Waals surface area contributed by atoms with Crippen molar-refractivity contribution in [3.05, 3.63) is 12.7 Å². The van der Waals surface area contributed by atoms with Crippen LogP contribution in [0.25, 0.3) is 11.2 Å². The van der Waals surface area contributed by atoms with E-state index in [0.717, 1.165) is 75.6 Å². The summed E-state index contributed by atoms with van der Waals surface area (Å²) in [5, 5.41) is 3.45. The number of aromatic nitrogens is 4. The van der Waals surface area contributed by atoms with Crippen LogP contribution in [0.2, 0.25) is 0 Å². The van der Waals surface area contributed by atoms with Crippen LogP contribution in [0.15, 0.2) is 12.7 Å². The summed E-state index contributed by atoms with van der Waals surface area (Å²) in [5.74, 6) is 1.47. The van der Waals surface area contributed by atoms with Crippen molar-refractivity contribution in [1.82, 2.24) is 19.5 Å². The van der Waals surface area contributed by atoms with Crippen LogP contribution >= 0.6 is 0 Å². The molecule has 2 aromatic heterocycles. The Morgan fingerprint density at radius 3 is 2.87 bits per heavy atom. The summed E-state index contributed by atoms with van der Waals surface area (Å²) in [7, 11) is 0. The summed E-state index contributed by atoms with van der Waals surface area (Å²) in [6, 6.07) is 0. The highest BCUT2D eigenvalue weighted by Crippen LogP contribution is 2.22. The molecule has 0 aliphatic carbocycles. The topological polar surface area (TPSA) is 74.1 Å². The molecule has 0 spiro atoms. The highest BCUT2D eigenvalue weighted by Gasteiger charge is 2.19. The number of anilines is 1. The molecule has 0 aromatic carbocycles. The van der Waals surface area contributed by atoms with Crippen molar-refractivity contribution >= 4 is 17.0 Å². The lowest BCUT2D eigenvalue weighted by Crippen LogP contribution is -2.23. The summed E-state index contributed by atoms with van der Waals surface area (Å²) < 4.78 is 13.2. The van der Waals surface area contributed by atoms with Crippen molar-refractivity contribution in [1.29, 1.82) is 0 Å². The van der Waals surface area contributed by atoms with E-state index in [-0.39, 0.29) is 6.10 Å². The molecule has 2 fully saturated rings. The number of rotatable bonds is 5. The lowest BCUT2D eigenvalue weighted by molar-refractivity contribution is 0.0699. The number of hydrogen-bond acceptors (Lipinski definition) is 6. The highest BCUT2D eigenvalue weighted by atomic mass is 16.5. The third kappa shape index (κ3) is 3.30. The lowest BCUT2D eigenvalue weighted by atomic mass is 10.0. The van der Waals surface area contributed by atoms with E-state index in [4.69, 9.17) is 9.47 Å². The fraction of sp³-hybridized carbons (Fsp3) is 0.688. The molecule has 124 valence electrons. The number of imidazole rings is 1. The molecule has 1 unspecified atom stereocenters. The summed E-state index contributed by atoms with van der Waals surface area (Å²) in [5.41, 5.74) is 1.72. The number of nitrogens with zero attached hydrogens (tertiary/aromatic N) is 4. The van der Waals surface area contributed by atoms with Crippen molar-refractivity contribution in [2.24, 2.45) is 5.92 Å². The van der Waals surface area contributed by atoms with Crippen molar-refractivity contribution < 1.29 is 9.47 Å². The van der Waals surface area contributed by atoms with Gasteiger partial charge in [0.05, 0.1) is 19.0 Å². The molecule has 0 radical (unpaired) electrons. The fourth-order valence-corrected chi connectivity index (χ4v) is 3.34. The first-order valence-electron chi connectivity index (χ1n) is 8.49. The Hall–Kier alpha value is -1.73. The molecule has 1 atom stereocenters. The zero-order valence-corrected chi connectivity index (χ0v) is 13.3. The van der Waals surface area contributed by atoms with Gasteiger partial charge < -0.3 is 19.4 Å². The van der Waals surface area contributed by atoms with Crippen LogP contribution in [0, 0.1) is 5.92 Å². The maximum Gasteiger partial charge on any atom is 0.165 e. The highest BCUT2D eigenvalue weighted by molar-refractivity contribution is 5.82. The first-order valence-corrected chi connectivity index (χ1v) is 8.49. The van der Waals surface area contributed by atoms with E-state index in [0.29, 0.717) is 5.92 Å². The van der Waals surface area contributed by atoms with Crippen LogP contribution in [0.4, 0.5) is 5.82 Å². The molecule has 1 N–H and O–H groups in total. The van der Waals surface area contributed by atoms with Crippen LogP contribution in [-0.2, 0) is 16.0 Å². The van der Waals surface area contributed by atoms with Gasteiger partial charge in [0.15, 0.2) is 11.5 Å². The van der Waals surface area contributed by atoms with Gasteiger partial charge in [-0.05, 0) is 31.6 Å². The molecule has 2 aliphatic rings. The Bertz CT molecular complexity index is 647. The maximum absolute atomic E-state index is 5.71. The quantitative estimate of drug-likeness (QED) is 0.907. The van der Waals surface area contributed by atoms with Gasteiger partial charge in [-0.1, -0.05) is 0 Å². The predicted octanol–water partition coefficient (Wildman–Crippen LogP) is 1.84. The third-order valence-electron chi connectivity index (χ3n) is 4.72. The molecule has 7 heteroatoms. The summed E-state index contributed by atoms with van der Waals surface area (Å²) >= 11 is 0. The molecule has 2 aromatic rings. The van der Waals surface area contributed by atoms with Crippen molar-refractivity contribution in [2.45, 2.75) is 38.3 Å². The minimum Gasteiger partial charge on any atom is -0.381 e. The van der Waals surface area contributed by atoms with Crippen molar-refractivity contribution in [3.8, 4) is 0 Å². The van der Waals surface area contributed by atoms with Gasteiger partial charge in [-0.15, -0.1) is 0 Å². The second kappa shape index (κ2) is 6.80. The van der Waals surface area contributed by atoms with E-state index in [1.807, 2.05) is 6.33 Å². The standard InChI is InChI=1S/C16H23N5O2/c1-2-13(23-5-1)9-21-11-20-14-15(18-10-19-16(14)21)17-8-12-3-6-22-7-4-12/h10-13H,1-9H2,(H,17,18,19). The van der Waals surface area contributed by atoms with Gasteiger partial charge in [-0.25, -0.2) is 15.0 Å². The van der Waals surface area contributed by atoms with Gasteiger partial charge in [0.2, 0.25) is 0 Å². The smallest absolute Gasteiger partial charge is 0.165 e. The SMILES string of the molecule is c1nc(NCC2CCOCC2)c2ncn(CC3CCCO3)c2n1. The predicted molar refractivity (Wildman–Crippen MR) is 86.3 cm³/mol. The third-order valence-corrected chi connectivity index (χ3v) is 4.72. The average Bonchev–Trinajstić information content (AvgIpc) is 3.25. The van der Waals surface area contributed by atoms with Gasteiger partial charge in [-0.3, -0.25) is 0 Å². The van der Waals surface area contributed by atoms with Crippen LogP contribution in [-0.4, -0.2) is 52.0 Å². The van der Waals surface area contributed by atoms with E-state index in [1.165, 1.54) is 0 Å². The lowest BCUT2D eigenvalue weighted by Gasteiger charge is -2.22. The van der Waals surface area contributed by atoms with Gasteiger partial charge in [-0.2, -0.15) is 0 Å². The Balaban J connectivity index is 1.47. The fourth-order valence-electron chi connectivity index (χ4n) is 3.34. The molecule has 0 bridgehead atoms. The van der Waals surface area contributed by atoms with Crippen LogP contribution in [0.1, 0.15) is 25.7 Å². The monoisotopic (exact) mass is 317 g/mol. The largest absolute Gasteiger partial charge is 0.381 e. The number of fused-ring (bicyclic) bond motifs is 1. The van der Waals surface area contributed by atoms with Crippen molar-refractivity contribution in [3.63, 3.8) is 0 Å². The Morgan fingerprint density at radius 2 is 2.04 bits per heavy atom. The van der Waals surface area contributed by atoms with E-state index >= 15 is 0 Å². The number of hydrogen-bond donors (Lipinski definition) is 1. The summed E-state index contributed by atoms with van der Waals surface area (Å²) in [6.45, 7) is 4.31. The molecule has 7 nitrogen and oxygen atoms in total. The molecule has 2 saturated heterocycles. The molecule has 0 amide bonds. The van der Waals surface area contributed by atoms with Crippen LogP contribution < -0.4 is 5.32 Å². The average molecular weight is 317 g/mol. The summed E-state index contributed by atoms with van der Waals surface area (Å²) in [6.07, 6.45) is 8.21.